The molecule has 0 amide bonds. The Morgan fingerprint density at radius 3 is 2.00 bits per heavy atom. The molecule has 0 saturated carbocycles. The van der Waals surface area contributed by atoms with E-state index in [0.717, 1.165) is 34.1 Å². The molecule has 5 nitrogen and oxygen atoms in total. The molecule has 0 aliphatic rings. The lowest BCUT2D eigenvalue weighted by atomic mass is 9.92. The zero-order valence-corrected chi connectivity index (χ0v) is 22.5. The first-order valence-corrected chi connectivity index (χ1v) is 13.5. The Bertz CT molecular complexity index is 2340. The van der Waals surface area contributed by atoms with Gasteiger partial charge in [0, 0.05) is 27.3 Å². The molecule has 0 unspecified atom stereocenters. The van der Waals surface area contributed by atoms with Gasteiger partial charge in [-0.2, -0.15) is 19.3 Å². The first-order chi connectivity index (χ1) is 20.9. The quantitative estimate of drug-likeness (QED) is 0.117. The van der Waals surface area contributed by atoms with E-state index in [4.69, 9.17) is 10.2 Å². The molecule has 0 aliphatic carbocycles. The van der Waals surface area contributed by atoms with E-state index in [1.165, 1.54) is 12.1 Å². The average Bonchev–Trinajstić information content (AvgIpc) is 3.54. The van der Waals surface area contributed by atoms with Crippen LogP contribution in [0.1, 0.15) is 11.1 Å². The average molecular weight is 588 g/mol. The first-order valence-electron chi connectivity index (χ1n) is 12.8. The van der Waals surface area contributed by atoms with Crippen LogP contribution in [0.5, 0.6) is 0 Å². The van der Waals surface area contributed by atoms with E-state index < -0.39 is 34.4 Å². The van der Waals surface area contributed by atoms with Crippen LogP contribution in [0.4, 0.5) is 17.6 Å². The third-order valence-electron chi connectivity index (χ3n) is 7.36. The lowest BCUT2D eigenvalue weighted by molar-refractivity contribution is 0.454. The number of hydrogen-bond acceptors (Lipinski definition) is 6. The lowest BCUT2D eigenvalue weighted by Crippen LogP contribution is -2.03. The molecule has 2 aromatic heterocycles. The number of aromatic nitrogens is 3. The summed E-state index contributed by atoms with van der Waals surface area (Å²) >= 11 is 1.02. The molecule has 7 rings (SSSR count). The molecule has 43 heavy (non-hydrogen) atoms. The van der Waals surface area contributed by atoms with E-state index in [1.54, 1.807) is 24.3 Å². The third kappa shape index (κ3) is 3.92. The van der Waals surface area contributed by atoms with Gasteiger partial charge in [0.15, 0.2) is 23.3 Å². The van der Waals surface area contributed by atoms with Gasteiger partial charge in [-0.05, 0) is 29.3 Å². The van der Waals surface area contributed by atoms with E-state index in [1.807, 2.05) is 42.5 Å². The highest BCUT2D eigenvalue weighted by Gasteiger charge is 2.27. The molecule has 7 aromatic rings. The Kier molecular flexibility index (Phi) is 6.08. The third-order valence-corrected chi connectivity index (χ3v) is 7.89. The van der Waals surface area contributed by atoms with Crippen molar-refractivity contribution < 1.29 is 17.6 Å². The summed E-state index contributed by atoms with van der Waals surface area (Å²) in [5.74, 6) is -6.82. The smallest absolute Gasteiger partial charge is 0.180 e. The van der Waals surface area contributed by atoms with E-state index >= 15 is 0 Å². The second-order valence-corrected chi connectivity index (χ2v) is 10.2. The van der Waals surface area contributed by atoms with E-state index in [0.29, 0.717) is 44.4 Å². The number of nitriles is 2. The number of para-hydroxylation sites is 1. The SMILES string of the molecule is N#Cc1ccccc1-c1nc2ccccc2c2c1cc(-c1ccc(-c3c(F)c(F)c(C#N)c(F)c3F)cc1)c1nsnc12. The van der Waals surface area contributed by atoms with Crippen LogP contribution in [0.25, 0.3) is 66.2 Å². The lowest BCUT2D eigenvalue weighted by Gasteiger charge is -2.14. The van der Waals surface area contributed by atoms with Crippen molar-refractivity contribution in [3.8, 4) is 45.6 Å². The minimum atomic E-state index is -1.75. The molecule has 10 heteroatoms. The number of rotatable bonds is 3. The van der Waals surface area contributed by atoms with Gasteiger partial charge in [0.1, 0.15) is 22.7 Å². The van der Waals surface area contributed by atoms with Crippen LogP contribution in [0.2, 0.25) is 0 Å². The van der Waals surface area contributed by atoms with Crippen LogP contribution in [-0.2, 0) is 0 Å². The van der Waals surface area contributed by atoms with Crippen LogP contribution < -0.4 is 0 Å². The van der Waals surface area contributed by atoms with Gasteiger partial charge in [0.25, 0.3) is 0 Å². The van der Waals surface area contributed by atoms with Gasteiger partial charge in [-0.3, -0.25) is 0 Å². The highest BCUT2D eigenvalue weighted by molar-refractivity contribution is 7.00. The Balaban J connectivity index is 1.49. The van der Waals surface area contributed by atoms with Gasteiger partial charge in [-0.15, -0.1) is 0 Å². The predicted octanol–water partition coefficient (Wildman–Crippen LogP) is 8.69. The summed E-state index contributed by atoms with van der Waals surface area (Å²) < 4.78 is 67.3. The van der Waals surface area contributed by atoms with Crippen LogP contribution in [0.3, 0.4) is 0 Å². The fourth-order valence-corrected chi connectivity index (χ4v) is 5.94. The number of hydrogen-bond donors (Lipinski definition) is 0. The van der Waals surface area contributed by atoms with Crippen molar-refractivity contribution >= 4 is 44.4 Å². The summed E-state index contributed by atoms with van der Waals surface area (Å²) in [4.78, 5) is 4.94. The number of halogens is 4. The Morgan fingerprint density at radius 2 is 1.28 bits per heavy atom. The van der Waals surface area contributed by atoms with Crippen molar-refractivity contribution in [1.29, 1.82) is 10.5 Å². The maximum Gasteiger partial charge on any atom is 0.180 e. The molecule has 204 valence electrons. The van der Waals surface area contributed by atoms with Crippen molar-refractivity contribution in [2.45, 2.75) is 0 Å². The molecular formula is C33H13F4N5S. The summed E-state index contributed by atoms with van der Waals surface area (Å²) in [6, 6.07) is 25.8. The Hall–Kier alpha value is -5.71. The second kappa shape index (κ2) is 9.98. The highest BCUT2D eigenvalue weighted by Crippen LogP contribution is 2.42. The van der Waals surface area contributed by atoms with E-state index in [2.05, 4.69) is 14.8 Å². The summed E-state index contributed by atoms with van der Waals surface area (Å²) in [7, 11) is 0. The maximum absolute atomic E-state index is 14.8. The molecule has 0 saturated heterocycles. The van der Waals surface area contributed by atoms with E-state index in [9.17, 15) is 22.8 Å². The van der Waals surface area contributed by atoms with Crippen molar-refractivity contribution in [3.05, 3.63) is 113 Å². The molecule has 0 N–H and O–H groups in total. The maximum atomic E-state index is 14.8. The molecular weight excluding hydrogens is 574 g/mol. The fraction of sp³-hybridized carbons (Fsp3) is 0. The van der Waals surface area contributed by atoms with Crippen molar-refractivity contribution in [2.75, 3.05) is 0 Å². The Morgan fingerprint density at radius 1 is 0.628 bits per heavy atom. The van der Waals surface area contributed by atoms with Gasteiger partial charge in [-0.1, -0.05) is 60.7 Å². The molecule has 0 aliphatic heterocycles. The minimum Gasteiger partial charge on any atom is -0.247 e. The summed E-state index contributed by atoms with van der Waals surface area (Å²) in [5.41, 5.74) is 2.44. The summed E-state index contributed by atoms with van der Waals surface area (Å²) in [5, 5.41) is 21.1. The monoisotopic (exact) mass is 587 g/mol. The topological polar surface area (TPSA) is 86.2 Å². The normalized spacial score (nSPS) is 11.2. The molecule has 5 aromatic carbocycles. The van der Waals surface area contributed by atoms with Gasteiger partial charge < -0.3 is 0 Å². The summed E-state index contributed by atoms with van der Waals surface area (Å²) in [6.45, 7) is 0. The zero-order valence-electron chi connectivity index (χ0n) is 21.7. The highest BCUT2D eigenvalue weighted by atomic mass is 32.1. The van der Waals surface area contributed by atoms with Crippen molar-refractivity contribution in [3.63, 3.8) is 0 Å². The van der Waals surface area contributed by atoms with Gasteiger partial charge in [0.2, 0.25) is 0 Å². The zero-order chi connectivity index (χ0) is 29.8. The molecule has 2 heterocycles. The number of fused-ring (bicyclic) bond motifs is 5. The Labute approximate surface area is 244 Å². The summed E-state index contributed by atoms with van der Waals surface area (Å²) in [6.07, 6.45) is 0. The van der Waals surface area contributed by atoms with E-state index in [-0.39, 0.29) is 5.56 Å². The second-order valence-electron chi connectivity index (χ2n) is 9.64. The van der Waals surface area contributed by atoms with Crippen LogP contribution in [-0.4, -0.2) is 13.7 Å². The fourth-order valence-electron chi connectivity index (χ4n) is 5.38. The number of pyridine rings is 1. The van der Waals surface area contributed by atoms with Crippen molar-refractivity contribution in [2.24, 2.45) is 0 Å². The molecule has 0 radical (unpaired) electrons. The molecule has 0 spiro atoms. The largest absolute Gasteiger partial charge is 0.247 e. The molecule has 0 fully saturated rings. The molecule has 0 bridgehead atoms. The number of nitrogens with zero attached hydrogens (tertiary/aromatic N) is 5. The number of benzene rings is 5. The minimum absolute atomic E-state index is 0.120. The van der Waals surface area contributed by atoms with Gasteiger partial charge in [-0.25, -0.2) is 22.5 Å². The van der Waals surface area contributed by atoms with Crippen LogP contribution in [0.15, 0.2) is 78.9 Å². The van der Waals surface area contributed by atoms with Crippen molar-refractivity contribution in [1.82, 2.24) is 13.7 Å². The first kappa shape index (κ1) is 26.2. The van der Waals surface area contributed by atoms with Gasteiger partial charge >= 0.3 is 0 Å². The predicted molar refractivity (Wildman–Crippen MR) is 156 cm³/mol. The van der Waals surface area contributed by atoms with Gasteiger partial charge in [0.05, 0.1) is 40.1 Å². The van der Waals surface area contributed by atoms with Crippen LogP contribution >= 0.6 is 11.7 Å². The van der Waals surface area contributed by atoms with Crippen LogP contribution in [0, 0.1) is 45.9 Å². The molecule has 0 atom stereocenters. The standard InChI is InChI=1S/C33H13F4N5S/c34-27-23(15-39)28(35)30(37)25(29(27)36)17-11-9-16(10-12-17)21-13-22-26(33-32(21)41-43-42-33)20-7-3-4-8-24(20)40-31(22)19-6-2-1-5-18(19)14-38/h1-13H.